The number of carbonyl (C=O) groups is 1. The van der Waals surface area contributed by atoms with Gasteiger partial charge in [0.2, 0.25) is 5.91 Å². The van der Waals surface area contributed by atoms with Gasteiger partial charge in [-0.05, 0) is 66.4 Å². The number of amides is 1. The largest absolute Gasteiger partial charge is 0.341 e. The zero-order chi connectivity index (χ0) is 22.6. The molecule has 5 heteroatoms. The van der Waals surface area contributed by atoms with Crippen molar-refractivity contribution < 1.29 is 4.79 Å². The Morgan fingerprint density at radius 3 is 2.48 bits per heavy atom. The second-order valence-corrected chi connectivity index (χ2v) is 9.05. The second-order valence-electron chi connectivity index (χ2n) is 8.12. The van der Waals surface area contributed by atoms with Gasteiger partial charge in [0.05, 0.1) is 0 Å². The number of nitrogens with zero attached hydrogens (tertiary/aromatic N) is 1. The first-order valence-electron chi connectivity index (χ1n) is 11.4. The van der Waals surface area contributed by atoms with Gasteiger partial charge in [0, 0.05) is 51.9 Å². The Morgan fingerprint density at radius 2 is 1.61 bits per heavy atom. The molecular formula is C28H27N3OS. The van der Waals surface area contributed by atoms with E-state index in [4.69, 9.17) is 0 Å². The fourth-order valence-electron chi connectivity index (χ4n) is 4.43. The van der Waals surface area contributed by atoms with Gasteiger partial charge in [0.15, 0.2) is 0 Å². The summed E-state index contributed by atoms with van der Waals surface area (Å²) in [4.78, 5) is 13.7. The Morgan fingerprint density at radius 1 is 0.848 bits per heavy atom. The molecule has 0 aliphatic heterocycles. The summed E-state index contributed by atoms with van der Waals surface area (Å²) in [6.07, 6.45) is 1.26. The van der Waals surface area contributed by atoms with Crippen LogP contribution in [0.3, 0.4) is 0 Å². The fraction of sp³-hybridized carbons (Fsp3) is 0.179. The Labute approximate surface area is 198 Å². The van der Waals surface area contributed by atoms with E-state index in [1.54, 1.807) is 11.9 Å². The van der Waals surface area contributed by atoms with E-state index in [2.05, 4.69) is 100 Å². The van der Waals surface area contributed by atoms with Gasteiger partial charge in [-0.2, -0.15) is 0 Å². The molecule has 0 atom stereocenters. The molecule has 0 aliphatic rings. The van der Waals surface area contributed by atoms with Crippen LogP contribution < -0.4 is 10.0 Å². The minimum atomic E-state index is 0.0468. The molecule has 4 aromatic carbocycles. The molecule has 0 radical (unpaired) electrons. The van der Waals surface area contributed by atoms with Crippen molar-refractivity contribution in [3.05, 3.63) is 84.9 Å². The number of fused-ring (bicyclic) bond motifs is 4. The summed E-state index contributed by atoms with van der Waals surface area (Å²) < 4.78 is 5.72. The van der Waals surface area contributed by atoms with E-state index in [1.807, 2.05) is 6.07 Å². The van der Waals surface area contributed by atoms with Gasteiger partial charge in [-0.3, -0.25) is 9.52 Å². The molecule has 4 nitrogen and oxygen atoms in total. The van der Waals surface area contributed by atoms with Gasteiger partial charge in [0.25, 0.3) is 0 Å². The van der Waals surface area contributed by atoms with Crippen molar-refractivity contribution in [3.63, 3.8) is 0 Å². The lowest BCUT2D eigenvalue weighted by atomic mass is 10.1. The van der Waals surface area contributed by atoms with Gasteiger partial charge in [-0.1, -0.05) is 54.6 Å². The van der Waals surface area contributed by atoms with Crippen LogP contribution in [0.4, 0.5) is 5.69 Å². The van der Waals surface area contributed by atoms with Crippen molar-refractivity contribution >= 4 is 56.1 Å². The van der Waals surface area contributed by atoms with E-state index in [-0.39, 0.29) is 5.91 Å². The lowest BCUT2D eigenvalue weighted by Gasteiger charge is -2.08. The van der Waals surface area contributed by atoms with E-state index in [0.29, 0.717) is 6.42 Å². The van der Waals surface area contributed by atoms with E-state index in [0.717, 1.165) is 25.2 Å². The predicted octanol–water partition coefficient (Wildman–Crippen LogP) is 6.98. The third kappa shape index (κ3) is 4.47. The number of rotatable bonds is 8. The number of anilines is 1. The molecule has 0 spiro atoms. The van der Waals surface area contributed by atoms with Gasteiger partial charge < -0.3 is 9.88 Å². The molecular weight excluding hydrogens is 426 g/mol. The van der Waals surface area contributed by atoms with E-state index in [9.17, 15) is 4.79 Å². The summed E-state index contributed by atoms with van der Waals surface area (Å²) in [7, 11) is 0. The van der Waals surface area contributed by atoms with Gasteiger partial charge in [-0.25, -0.2) is 0 Å². The maximum Gasteiger partial charge on any atom is 0.224 e. The zero-order valence-corrected chi connectivity index (χ0v) is 19.5. The normalized spacial score (nSPS) is 11.4. The van der Waals surface area contributed by atoms with Crippen molar-refractivity contribution in [2.24, 2.45) is 0 Å². The molecule has 1 amide bonds. The first kappa shape index (κ1) is 21.6. The number of aromatic nitrogens is 1. The minimum Gasteiger partial charge on any atom is -0.341 e. The average Bonchev–Trinajstić information content (AvgIpc) is 3.17. The lowest BCUT2D eigenvalue weighted by Crippen LogP contribution is -2.14. The van der Waals surface area contributed by atoms with Crippen LogP contribution in [0.5, 0.6) is 0 Å². The Kier molecular flexibility index (Phi) is 6.33. The Balaban J connectivity index is 1.17. The number of hydrogen-bond acceptors (Lipinski definition) is 3. The summed E-state index contributed by atoms with van der Waals surface area (Å²) >= 11 is 1.63. The van der Waals surface area contributed by atoms with Crippen LogP contribution in [0.1, 0.15) is 19.8 Å². The number of aryl methyl sites for hydroxylation is 1. The third-order valence-electron chi connectivity index (χ3n) is 5.99. The fourth-order valence-corrected chi connectivity index (χ4v) is 5.27. The minimum absolute atomic E-state index is 0.0468. The molecule has 33 heavy (non-hydrogen) atoms. The number of nitrogens with one attached hydrogen (secondary N) is 2. The molecule has 0 saturated heterocycles. The summed E-state index contributed by atoms with van der Waals surface area (Å²) in [5.74, 6) is 0.0468. The van der Waals surface area contributed by atoms with Crippen LogP contribution in [-0.4, -0.2) is 17.0 Å². The summed E-state index contributed by atoms with van der Waals surface area (Å²) in [6.45, 7) is 3.85. The van der Waals surface area contributed by atoms with Crippen molar-refractivity contribution in [3.8, 4) is 0 Å². The van der Waals surface area contributed by atoms with E-state index >= 15 is 0 Å². The molecule has 2 N–H and O–H groups in total. The average molecular weight is 454 g/mol. The maximum atomic E-state index is 12.5. The van der Waals surface area contributed by atoms with Crippen molar-refractivity contribution in [2.75, 3.05) is 11.9 Å². The van der Waals surface area contributed by atoms with Crippen LogP contribution in [0.15, 0.2) is 89.8 Å². The summed E-state index contributed by atoms with van der Waals surface area (Å²) in [5.41, 5.74) is 3.28. The van der Waals surface area contributed by atoms with Crippen molar-refractivity contribution in [2.45, 2.75) is 31.2 Å². The summed E-state index contributed by atoms with van der Waals surface area (Å²) in [5, 5.41) is 7.96. The molecule has 1 aromatic heterocycles. The smallest absolute Gasteiger partial charge is 0.224 e. The zero-order valence-electron chi connectivity index (χ0n) is 18.7. The van der Waals surface area contributed by atoms with Crippen LogP contribution in [-0.2, 0) is 11.3 Å². The Bertz CT molecular complexity index is 1430. The first-order valence-corrected chi connectivity index (χ1v) is 12.2. The molecule has 5 aromatic rings. The SMILES string of the molecule is CCn1c2ccccc2c2cc(NC(=O)CCCNSc3cccc4ccccc34)ccc21. The van der Waals surface area contributed by atoms with Gasteiger partial charge >= 0.3 is 0 Å². The number of hydrogen-bond donors (Lipinski definition) is 2. The third-order valence-corrected chi connectivity index (χ3v) is 6.91. The topological polar surface area (TPSA) is 46.1 Å². The van der Waals surface area contributed by atoms with Crippen LogP contribution in [0.2, 0.25) is 0 Å². The molecule has 0 unspecified atom stereocenters. The van der Waals surface area contributed by atoms with Crippen LogP contribution >= 0.6 is 11.9 Å². The second kappa shape index (κ2) is 9.69. The first-order chi connectivity index (χ1) is 16.2. The van der Waals surface area contributed by atoms with Crippen LogP contribution in [0.25, 0.3) is 32.6 Å². The highest BCUT2D eigenvalue weighted by atomic mass is 32.2. The van der Waals surface area contributed by atoms with Gasteiger partial charge in [0.1, 0.15) is 0 Å². The molecule has 0 bridgehead atoms. The number of para-hydroxylation sites is 1. The molecule has 5 rings (SSSR count). The highest BCUT2D eigenvalue weighted by Crippen LogP contribution is 2.31. The quantitative estimate of drug-likeness (QED) is 0.197. The molecule has 0 saturated carbocycles. The summed E-state index contributed by atoms with van der Waals surface area (Å²) in [6, 6.07) is 29.4. The molecule has 1 heterocycles. The number of carbonyl (C=O) groups excluding carboxylic acids is 1. The van der Waals surface area contributed by atoms with E-state index in [1.165, 1.54) is 37.5 Å². The standard InChI is InChI=1S/C28H27N3OS/c1-2-31-25-13-6-5-12-23(25)24-19-21(16-17-26(24)31)30-28(32)15-8-18-29-33-27-14-7-10-20-9-3-4-11-22(20)27/h3-7,9-14,16-17,19,29H,2,8,15,18H2,1H3,(H,30,32). The number of benzene rings is 4. The van der Waals surface area contributed by atoms with E-state index < -0.39 is 0 Å². The Hall–Kier alpha value is -3.28. The monoisotopic (exact) mass is 453 g/mol. The highest BCUT2D eigenvalue weighted by molar-refractivity contribution is 7.97. The molecule has 0 aliphatic carbocycles. The predicted molar refractivity (Wildman–Crippen MR) is 141 cm³/mol. The van der Waals surface area contributed by atoms with Crippen LogP contribution in [0, 0.1) is 0 Å². The van der Waals surface area contributed by atoms with Crippen molar-refractivity contribution in [1.82, 2.24) is 9.29 Å². The molecule has 166 valence electrons. The highest BCUT2D eigenvalue weighted by Gasteiger charge is 2.11. The maximum absolute atomic E-state index is 12.5. The van der Waals surface area contributed by atoms with Gasteiger partial charge in [-0.15, -0.1) is 0 Å². The molecule has 0 fully saturated rings. The lowest BCUT2D eigenvalue weighted by molar-refractivity contribution is -0.116. The van der Waals surface area contributed by atoms with Crippen molar-refractivity contribution in [1.29, 1.82) is 0 Å².